The van der Waals surface area contributed by atoms with Gasteiger partial charge in [0.15, 0.2) is 0 Å². The van der Waals surface area contributed by atoms with E-state index in [9.17, 15) is 0 Å². The van der Waals surface area contributed by atoms with Crippen molar-refractivity contribution >= 4 is 11.0 Å². The van der Waals surface area contributed by atoms with Gasteiger partial charge in [-0.2, -0.15) is 0 Å². The van der Waals surface area contributed by atoms with Gasteiger partial charge in [-0.1, -0.05) is 36.8 Å². The van der Waals surface area contributed by atoms with E-state index in [2.05, 4.69) is 38.1 Å². The van der Waals surface area contributed by atoms with Gasteiger partial charge in [0.1, 0.15) is 11.3 Å². The van der Waals surface area contributed by atoms with Crippen LogP contribution in [-0.2, 0) is 6.42 Å². The summed E-state index contributed by atoms with van der Waals surface area (Å²) in [4.78, 5) is 0. The van der Waals surface area contributed by atoms with E-state index < -0.39 is 0 Å². The van der Waals surface area contributed by atoms with Crippen molar-refractivity contribution in [3.8, 4) is 0 Å². The molecule has 0 saturated carbocycles. The van der Waals surface area contributed by atoms with Crippen LogP contribution in [0.15, 0.2) is 40.3 Å². The Hall–Kier alpha value is -1.50. The summed E-state index contributed by atoms with van der Waals surface area (Å²) in [6, 6.07) is 8.37. The lowest BCUT2D eigenvalue weighted by Crippen LogP contribution is -1.93. The second-order valence-electron chi connectivity index (χ2n) is 4.79. The van der Waals surface area contributed by atoms with E-state index in [-0.39, 0.29) is 0 Å². The maximum Gasteiger partial charge on any atom is 0.134 e. The second kappa shape index (κ2) is 3.51. The molecule has 1 aromatic carbocycles. The summed E-state index contributed by atoms with van der Waals surface area (Å²) < 4.78 is 5.94. The molecule has 2 aromatic rings. The minimum atomic E-state index is 0.567. The molecule has 1 atom stereocenters. The highest BCUT2D eigenvalue weighted by Gasteiger charge is 2.21. The van der Waals surface area contributed by atoms with Gasteiger partial charge in [0, 0.05) is 17.4 Å². The third-order valence-corrected chi connectivity index (χ3v) is 3.47. The van der Waals surface area contributed by atoms with E-state index in [1.165, 1.54) is 16.5 Å². The Balaban J connectivity index is 2.25. The van der Waals surface area contributed by atoms with Crippen molar-refractivity contribution in [3.63, 3.8) is 0 Å². The van der Waals surface area contributed by atoms with Crippen molar-refractivity contribution < 1.29 is 4.42 Å². The summed E-state index contributed by atoms with van der Waals surface area (Å²) in [5, 5.41) is 1.30. The fourth-order valence-corrected chi connectivity index (χ4v) is 2.74. The van der Waals surface area contributed by atoms with Crippen LogP contribution in [0, 0.1) is 0 Å². The number of benzene rings is 1. The topological polar surface area (TPSA) is 13.1 Å². The molecule has 0 fully saturated rings. The Kier molecular flexibility index (Phi) is 2.13. The fourth-order valence-electron chi connectivity index (χ4n) is 2.74. The Bertz CT molecular complexity index is 560. The van der Waals surface area contributed by atoms with E-state index in [0.29, 0.717) is 5.92 Å². The van der Waals surface area contributed by atoms with Gasteiger partial charge in [-0.05, 0) is 25.3 Å². The summed E-state index contributed by atoms with van der Waals surface area (Å²) in [6.45, 7) is 4.51. The number of para-hydroxylation sites is 1. The fraction of sp³-hybridized carbons (Fsp3) is 0.333. The minimum absolute atomic E-state index is 0.567. The second-order valence-corrected chi connectivity index (χ2v) is 4.79. The van der Waals surface area contributed by atoms with Gasteiger partial charge in [0.25, 0.3) is 0 Å². The van der Waals surface area contributed by atoms with Crippen molar-refractivity contribution in [3.05, 3.63) is 47.2 Å². The molecule has 0 radical (unpaired) electrons. The van der Waals surface area contributed by atoms with Gasteiger partial charge in [0.2, 0.25) is 0 Å². The van der Waals surface area contributed by atoms with Crippen LogP contribution in [0.5, 0.6) is 0 Å². The van der Waals surface area contributed by atoms with Crippen LogP contribution in [0.1, 0.15) is 37.5 Å². The maximum atomic E-state index is 5.94. The third kappa shape index (κ3) is 1.39. The molecule has 82 valence electrons. The Labute approximate surface area is 95.8 Å². The molecule has 0 saturated heterocycles. The van der Waals surface area contributed by atoms with Crippen molar-refractivity contribution in [2.45, 2.75) is 32.6 Å². The number of furan rings is 1. The largest absolute Gasteiger partial charge is 0.460 e. The standard InChI is InChI=1S/C15H16O/c1-10-7-8-14-15(11(2)9-10)12-5-3-4-6-13(12)16-14/h3-7,11H,8-9H2,1-2H3. The number of hydrogen-bond acceptors (Lipinski definition) is 1. The number of rotatable bonds is 0. The average molecular weight is 212 g/mol. The lowest BCUT2D eigenvalue weighted by Gasteiger charge is -2.09. The summed E-state index contributed by atoms with van der Waals surface area (Å²) in [6.07, 6.45) is 4.39. The van der Waals surface area contributed by atoms with Gasteiger partial charge in [-0.25, -0.2) is 0 Å². The van der Waals surface area contributed by atoms with Gasteiger partial charge in [-0.15, -0.1) is 0 Å². The van der Waals surface area contributed by atoms with Crippen LogP contribution < -0.4 is 0 Å². The van der Waals surface area contributed by atoms with E-state index in [1.54, 1.807) is 0 Å². The minimum Gasteiger partial charge on any atom is -0.460 e. The van der Waals surface area contributed by atoms with Crippen molar-refractivity contribution in [2.24, 2.45) is 0 Å². The summed E-state index contributed by atoms with van der Waals surface area (Å²) in [7, 11) is 0. The average Bonchev–Trinajstić information content (AvgIpc) is 2.57. The van der Waals surface area contributed by atoms with Gasteiger partial charge < -0.3 is 4.42 Å². The van der Waals surface area contributed by atoms with Crippen molar-refractivity contribution in [2.75, 3.05) is 0 Å². The Morgan fingerprint density at radius 1 is 1.25 bits per heavy atom. The van der Waals surface area contributed by atoms with Gasteiger partial charge >= 0.3 is 0 Å². The zero-order chi connectivity index (χ0) is 11.1. The number of hydrogen-bond donors (Lipinski definition) is 0. The predicted molar refractivity (Wildman–Crippen MR) is 66.7 cm³/mol. The van der Waals surface area contributed by atoms with Gasteiger partial charge in [-0.3, -0.25) is 0 Å². The molecule has 0 amide bonds. The van der Waals surface area contributed by atoms with E-state index >= 15 is 0 Å². The van der Waals surface area contributed by atoms with E-state index in [0.717, 1.165) is 24.2 Å². The van der Waals surface area contributed by atoms with Crippen molar-refractivity contribution in [1.29, 1.82) is 0 Å². The molecule has 0 spiro atoms. The Morgan fingerprint density at radius 2 is 2.06 bits per heavy atom. The van der Waals surface area contributed by atoms with Gasteiger partial charge in [0.05, 0.1) is 0 Å². The molecule has 1 aromatic heterocycles. The smallest absolute Gasteiger partial charge is 0.134 e. The molecule has 1 nitrogen and oxygen atoms in total. The molecule has 1 heterocycles. The SMILES string of the molecule is CC1=CCc2oc3ccccc3c2C(C)C1. The lowest BCUT2D eigenvalue weighted by atomic mass is 9.94. The van der Waals surface area contributed by atoms with Crippen LogP contribution in [0.2, 0.25) is 0 Å². The molecular formula is C15H16O. The van der Waals surface area contributed by atoms with E-state index in [4.69, 9.17) is 4.42 Å². The molecule has 0 bridgehead atoms. The predicted octanol–water partition coefficient (Wildman–Crippen LogP) is 4.43. The maximum absolute atomic E-state index is 5.94. The molecular weight excluding hydrogens is 196 g/mol. The summed E-state index contributed by atoms with van der Waals surface area (Å²) in [5.41, 5.74) is 3.93. The molecule has 1 unspecified atom stereocenters. The van der Waals surface area contributed by atoms with E-state index in [1.807, 2.05) is 6.07 Å². The third-order valence-electron chi connectivity index (χ3n) is 3.47. The first-order chi connectivity index (χ1) is 7.75. The zero-order valence-corrected chi connectivity index (χ0v) is 9.79. The first-order valence-electron chi connectivity index (χ1n) is 5.91. The molecule has 1 aliphatic rings. The number of fused-ring (bicyclic) bond motifs is 3. The van der Waals surface area contributed by atoms with Crippen LogP contribution >= 0.6 is 0 Å². The van der Waals surface area contributed by atoms with Crippen LogP contribution in [0.25, 0.3) is 11.0 Å². The first-order valence-corrected chi connectivity index (χ1v) is 5.91. The monoisotopic (exact) mass is 212 g/mol. The highest BCUT2D eigenvalue weighted by Crippen LogP contribution is 2.37. The molecule has 0 aliphatic heterocycles. The summed E-state index contributed by atoms with van der Waals surface area (Å²) >= 11 is 0. The normalized spacial score (nSPS) is 20.4. The summed E-state index contributed by atoms with van der Waals surface area (Å²) in [5.74, 6) is 1.72. The number of allylic oxidation sites excluding steroid dienone is 2. The van der Waals surface area contributed by atoms with Crippen LogP contribution in [-0.4, -0.2) is 0 Å². The molecule has 1 aliphatic carbocycles. The molecule has 0 N–H and O–H groups in total. The zero-order valence-electron chi connectivity index (χ0n) is 9.79. The molecule has 3 rings (SSSR count). The highest BCUT2D eigenvalue weighted by molar-refractivity contribution is 5.83. The molecule has 16 heavy (non-hydrogen) atoms. The lowest BCUT2D eigenvalue weighted by molar-refractivity contribution is 0.555. The van der Waals surface area contributed by atoms with Crippen LogP contribution in [0.3, 0.4) is 0 Å². The van der Waals surface area contributed by atoms with Crippen molar-refractivity contribution in [1.82, 2.24) is 0 Å². The quantitative estimate of drug-likeness (QED) is 0.589. The molecule has 1 heteroatoms. The van der Waals surface area contributed by atoms with Crippen LogP contribution in [0.4, 0.5) is 0 Å². The Morgan fingerprint density at radius 3 is 2.94 bits per heavy atom. The highest BCUT2D eigenvalue weighted by atomic mass is 16.3. The first kappa shape index (κ1) is 9.71.